The van der Waals surface area contributed by atoms with E-state index in [0.717, 1.165) is 17.1 Å². The van der Waals surface area contributed by atoms with E-state index in [4.69, 9.17) is 17.3 Å². The Morgan fingerprint density at radius 3 is 3.00 bits per heavy atom. The molecular weight excluding hydrogens is 244 g/mol. The van der Waals surface area contributed by atoms with Gasteiger partial charge in [0.25, 0.3) is 0 Å². The minimum Gasteiger partial charge on any atom is -0.399 e. The summed E-state index contributed by atoms with van der Waals surface area (Å²) in [6.45, 7) is 0. The zero-order valence-electron chi connectivity index (χ0n) is 9.13. The smallest absolute Gasteiger partial charge is 0.219 e. The molecule has 1 aromatic carbocycles. The number of carbonyl (C=O) groups excluding carboxylic acids is 1. The Kier molecular flexibility index (Phi) is 5.49. The number of amides is 1. The van der Waals surface area contributed by atoms with Crippen LogP contribution in [0.3, 0.4) is 0 Å². The molecule has 1 amide bonds. The second-order valence-electron chi connectivity index (χ2n) is 3.32. The highest BCUT2D eigenvalue weighted by Crippen LogP contribution is 2.29. The van der Waals surface area contributed by atoms with Crippen molar-refractivity contribution in [2.24, 2.45) is 0 Å². The normalized spacial score (nSPS) is 10.1. The number of anilines is 1. The molecule has 0 radical (unpaired) electrons. The van der Waals surface area contributed by atoms with Crippen LogP contribution in [0.15, 0.2) is 23.1 Å². The van der Waals surface area contributed by atoms with Crippen molar-refractivity contribution in [2.45, 2.75) is 17.7 Å². The third-order valence-electron chi connectivity index (χ3n) is 2.04. The number of hydrogen-bond donors (Lipinski definition) is 2. The first kappa shape index (κ1) is 13.2. The standard InChI is InChI=1S/C11H15ClN2OS/c1-14-11(15)3-2-6-16-10-7-8(13)4-5-9(10)12/h4-5,7H,2-3,6,13H2,1H3,(H,14,15). The van der Waals surface area contributed by atoms with Crippen LogP contribution in [-0.2, 0) is 4.79 Å². The molecule has 3 N–H and O–H groups in total. The van der Waals surface area contributed by atoms with Crippen LogP contribution in [0.5, 0.6) is 0 Å². The SMILES string of the molecule is CNC(=O)CCCSc1cc(N)ccc1Cl. The zero-order valence-corrected chi connectivity index (χ0v) is 10.7. The first-order chi connectivity index (χ1) is 7.63. The lowest BCUT2D eigenvalue weighted by atomic mass is 10.3. The van der Waals surface area contributed by atoms with Crippen molar-refractivity contribution in [3.05, 3.63) is 23.2 Å². The van der Waals surface area contributed by atoms with Gasteiger partial charge in [0.1, 0.15) is 0 Å². The molecule has 1 aromatic rings. The number of nitrogen functional groups attached to an aromatic ring is 1. The summed E-state index contributed by atoms with van der Waals surface area (Å²) < 4.78 is 0. The van der Waals surface area contributed by atoms with E-state index in [0.29, 0.717) is 17.1 Å². The average Bonchev–Trinajstić information content (AvgIpc) is 2.28. The molecule has 0 saturated heterocycles. The molecule has 0 aliphatic rings. The summed E-state index contributed by atoms with van der Waals surface area (Å²) in [4.78, 5) is 11.9. The highest BCUT2D eigenvalue weighted by Gasteiger charge is 2.02. The minimum atomic E-state index is 0.0688. The van der Waals surface area contributed by atoms with Gasteiger partial charge in [0.05, 0.1) is 5.02 Å². The molecule has 0 aromatic heterocycles. The van der Waals surface area contributed by atoms with E-state index in [1.165, 1.54) is 0 Å². The van der Waals surface area contributed by atoms with Crippen LogP contribution in [0, 0.1) is 0 Å². The van der Waals surface area contributed by atoms with Crippen LogP contribution < -0.4 is 11.1 Å². The predicted octanol–water partition coefficient (Wildman–Crippen LogP) is 2.54. The average molecular weight is 259 g/mol. The summed E-state index contributed by atoms with van der Waals surface area (Å²) in [7, 11) is 1.64. The van der Waals surface area contributed by atoms with E-state index in [2.05, 4.69) is 5.32 Å². The van der Waals surface area contributed by atoms with E-state index in [-0.39, 0.29) is 5.91 Å². The third kappa shape index (κ3) is 4.33. The highest BCUT2D eigenvalue weighted by atomic mass is 35.5. The Balaban J connectivity index is 2.37. The number of halogens is 1. The molecule has 0 aliphatic carbocycles. The molecule has 0 spiro atoms. The fourth-order valence-corrected chi connectivity index (χ4v) is 2.39. The number of thioether (sulfide) groups is 1. The minimum absolute atomic E-state index is 0.0688. The van der Waals surface area contributed by atoms with Gasteiger partial charge < -0.3 is 11.1 Å². The van der Waals surface area contributed by atoms with Crippen LogP contribution in [-0.4, -0.2) is 18.7 Å². The quantitative estimate of drug-likeness (QED) is 0.485. The van der Waals surface area contributed by atoms with Gasteiger partial charge in [0.2, 0.25) is 5.91 Å². The van der Waals surface area contributed by atoms with E-state index in [1.54, 1.807) is 30.9 Å². The number of rotatable bonds is 5. The molecule has 0 fully saturated rings. The van der Waals surface area contributed by atoms with Crippen molar-refractivity contribution in [2.75, 3.05) is 18.5 Å². The summed E-state index contributed by atoms with van der Waals surface area (Å²) in [5, 5.41) is 3.30. The number of carbonyl (C=O) groups is 1. The summed E-state index contributed by atoms with van der Waals surface area (Å²) in [5.41, 5.74) is 6.37. The van der Waals surface area contributed by atoms with Gasteiger partial charge in [0.15, 0.2) is 0 Å². The monoisotopic (exact) mass is 258 g/mol. The van der Waals surface area contributed by atoms with E-state index < -0.39 is 0 Å². The van der Waals surface area contributed by atoms with E-state index in [1.807, 2.05) is 6.07 Å². The molecule has 0 bridgehead atoms. The maximum atomic E-state index is 11.0. The van der Waals surface area contributed by atoms with Crippen molar-refractivity contribution < 1.29 is 4.79 Å². The Morgan fingerprint density at radius 1 is 1.56 bits per heavy atom. The Morgan fingerprint density at radius 2 is 2.31 bits per heavy atom. The topological polar surface area (TPSA) is 55.1 Å². The van der Waals surface area contributed by atoms with Gasteiger partial charge in [-0.1, -0.05) is 11.6 Å². The van der Waals surface area contributed by atoms with Crippen LogP contribution in [0.4, 0.5) is 5.69 Å². The summed E-state index contributed by atoms with van der Waals surface area (Å²) >= 11 is 7.63. The Bertz CT molecular complexity index is 371. The largest absolute Gasteiger partial charge is 0.399 e. The maximum absolute atomic E-state index is 11.0. The van der Waals surface area contributed by atoms with Crippen LogP contribution in [0.25, 0.3) is 0 Å². The molecule has 0 unspecified atom stereocenters. The Labute approximate surface area is 105 Å². The molecule has 1 rings (SSSR count). The fraction of sp³-hybridized carbons (Fsp3) is 0.364. The second-order valence-corrected chi connectivity index (χ2v) is 4.86. The molecule has 5 heteroatoms. The van der Waals surface area contributed by atoms with Crippen molar-refractivity contribution in [1.82, 2.24) is 5.32 Å². The van der Waals surface area contributed by atoms with Gasteiger partial charge >= 0.3 is 0 Å². The lowest BCUT2D eigenvalue weighted by molar-refractivity contribution is -0.120. The molecule has 88 valence electrons. The van der Waals surface area contributed by atoms with Gasteiger partial charge in [-0.3, -0.25) is 4.79 Å². The molecule has 0 atom stereocenters. The first-order valence-electron chi connectivity index (χ1n) is 5.02. The lowest BCUT2D eigenvalue weighted by Crippen LogP contribution is -2.17. The van der Waals surface area contributed by atoms with Crippen molar-refractivity contribution in [3.8, 4) is 0 Å². The first-order valence-corrected chi connectivity index (χ1v) is 6.38. The zero-order chi connectivity index (χ0) is 12.0. The van der Waals surface area contributed by atoms with Crippen molar-refractivity contribution in [1.29, 1.82) is 0 Å². The van der Waals surface area contributed by atoms with Gasteiger partial charge in [0, 0.05) is 24.1 Å². The molecule has 0 aliphatic heterocycles. The van der Waals surface area contributed by atoms with Crippen LogP contribution in [0.2, 0.25) is 5.02 Å². The summed E-state index contributed by atoms with van der Waals surface area (Å²) in [6, 6.07) is 5.42. The van der Waals surface area contributed by atoms with Crippen molar-refractivity contribution in [3.63, 3.8) is 0 Å². The molecule has 3 nitrogen and oxygen atoms in total. The number of benzene rings is 1. The predicted molar refractivity (Wildman–Crippen MR) is 69.9 cm³/mol. The molecular formula is C11H15ClN2OS. The van der Waals surface area contributed by atoms with Gasteiger partial charge in [-0.05, 0) is 30.4 Å². The van der Waals surface area contributed by atoms with E-state index >= 15 is 0 Å². The maximum Gasteiger partial charge on any atom is 0.219 e. The number of hydrogen-bond acceptors (Lipinski definition) is 3. The van der Waals surface area contributed by atoms with Gasteiger partial charge in [-0.2, -0.15) is 0 Å². The third-order valence-corrected chi connectivity index (χ3v) is 3.62. The Hall–Kier alpha value is -0.870. The van der Waals surface area contributed by atoms with Crippen molar-refractivity contribution >= 4 is 35.0 Å². The molecule has 0 saturated carbocycles. The highest BCUT2D eigenvalue weighted by molar-refractivity contribution is 7.99. The molecule has 16 heavy (non-hydrogen) atoms. The lowest BCUT2D eigenvalue weighted by Gasteiger charge is -2.05. The van der Waals surface area contributed by atoms with Gasteiger partial charge in [-0.25, -0.2) is 0 Å². The van der Waals surface area contributed by atoms with Gasteiger partial charge in [-0.15, -0.1) is 11.8 Å². The van der Waals surface area contributed by atoms with E-state index in [9.17, 15) is 4.79 Å². The summed E-state index contributed by atoms with van der Waals surface area (Å²) in [5.74, 6) is 0.927. The second kappa shape index (κ2) is 6.66. The number of nitrogens with one attached hydrogen (secondary N) is 1. The van der Waals surface area contributed by atoms with Crippen LogP contribution >= 0.6 is 23.4 Å². The fourth-order valence-electron chi connectivity index (χ4n) is 1.17. The number of nitrogens with two attached hydrogens (primary N) is 1. The molecule has 0 heterocycles. The summed E-state index contributed by atoms with van der Waals surface area (Å²) in [6.07, 6.45) is 1.37. The van der Waals surface area contributed by atoms with Crippen LogP contribution in [0.1, 0.15) is 12.8 Å².